The highest BCUT2D eigenvalue weighted by Crippen LogP contribution is 2.24. The van der Waals surface area contributed by atoms with Crippen molar-refractivity contribution in [3.8, 4) is 0 Å². The monoisotopic (exact) mass is 245 g/mol. The van der Waals surface area contributed by atoms with Gasteiger partial charge in [0.15, 0.2) is 0 Å². The maximum absolute atomic E-state index is 12.0. The maximum Gasteiger partial charge on any atom is 0.0912 e. The van der Waals surface area contributed by atoms with Crippen molar-refractivity contribution < 1.29 is 4.39 Å². The molecule has 0 heterocycles. The first-order valence-corrected chi connectivity index (χ1v) is 5.02. The van der Waals surface area contributed by atoms with Crippen LogP contribution in [0.2, 0.25) is 0 Å². The van der Waals surface area contributed by atoms with Gasteiger partial charge in [0.2, 0.25) is 0 Å². The van der Waals surface area contributed by atoms with Gasteiger partial charge in [0.25, 0.3) is 0 Å². The fourth-order valence-electron chi connectivity index (χ4n) is 1.21. The Kier molecular flexibility index (Phi) is 3.88. The lowest BCUT2D eigenvalue weighted by Gasteiger charge is -2.12. The third-order valence-corrected chi connectivity index (χ3v) is 2.66. The first-order chi connectivity index (χ1) is 6.15. The van der Waals surface area contributed by atoms with Crippen LogP contribution in [0.4, 0.5) is 4.39 Å². The van der Waals surface area contributed by atoms with Gasteiger partial charge >= 0.3 is 0 Å². The molecule has 1 rings (SSSR count). The van der Waals surface area contributed by atoms with E-state index < -0.39 is 0 Å². The summed E-state index contributed by atoms with van der Waals surface area (Å²) in [5.74, 6) is 0. The molecule has 0 unspecified atom stereocenters. The Balaban J connectivity index is 2.88. The fraction of sp³-hybridized carbons (Fsp3) is 0.400. The van der Waals surface area contributed by atoms with E-state index in [-0.39, 0.29) is 12.7 Å². The van der Waals surface area contributed by atoms with E-state index in [4.69, 9.17) is 5.73 Å². The van der Waals surface area contributed by atoms with Crippen molar-refractivity contribution in [2.24, 2.45) is 5.73 Å². The zero-order valence-electron chi connectivity index (χ0n) is 7.56. The number of halogens is 2. The van der Waals surface area contributed by atoms with Gasteiger partial charge in [0.1, 0.15) is 0 Å². The highest BCUT2D eigenvalue weighted by Gasteiger charge is 2.08. The van der Waals surface area contributed by atoms with Crippen LogP contribution < -0.4 is 5.73 Å². The summed E-state index contributed by atoms with van der Waals surface area (Å²) in [6.07, 6.45) is 0.377. The topological polar surface area (TPSA) is 26.0 Å². The van der Waals surface area contributed by atoms with Crippen LogP contribution >= 0.6 is 15.9 Å². The van der Waals surface area contributed by atoms with Gasteiger partial charge in [-0.3, -0.25) is 4.39 Å². The normalized spacial score (nSPS) is 12.9. The van der Waals surface area contributed by atoms with E-state index in [0.29, 0.717) is 6.42 Å². The predicted molar refractivity (Wildman–Crippen MR) is 56.4 cm³/mol. The van der Waals surface area contributed by atoms with Gasteiger partial charge in [-0.25, -0.2) is 0 Å². The summed E-state index contributed by atoms with van der Waals surface area (Å²) in [5.41, 5.74) is 7.93. The third-order valence-electron chi connectivity index (χ3n) is 1.98. The molecule has 1 nitrogen and oxygen atoms in total. The molecule has 0 fully saturated rings. The molecule has 0 saturated carbocycles. The maximum atomic E-state index is 12.0. The molecular weight excluding hydrogens is 233 g/mol. The smallest absolute Gasteiger partial charge is 0.0912 e. The van der Waals surface area contributed by atoms with Crippen molar-refractivity contribution in [3.05, 3.63) is 33.8 Å². The fourth-order valence-corrected chi connectivity index (χ4v) is 1.99. The van der Waals surface area contributed by atoms with Crippen LogP contribution in [0.25, 0.3) is 0 Å². The first-order valence-electron chi connectivity index (χ1n) is 4.22. The molecule has 2 N–H and O–H groups in total. The number of hydrogen-bond donors (Lipinski definition) is 1. The van der Waals surface area contributed by atoms with Gasteiger partial charge in [0.05, 0.1) is 6.67 Å². The molecular formula is C10H13BrFN. The van der Waals surface area contributed by atoms with Crippen LogP contribution in [0.5, 0.6) is 0 Å². The zero-order chi connectivity index (χ0) is 9.84. The molecule has 3 heteroatoms. The number of aryl methyl sites for hydroxylation is 1. The number of rotatable bonds is 3. The first kappa shape index (κ1) is 10.7. The van der Waals surface area contributed by atoms with E-state index in [1.165, 1.54) is 5.56 Å². The van der Waals surface area contributed by atoms with Crippen LogP contribution in [0.3, 0.4) is 0 Å². The summed E-state index contributed by atoms with van der Waals surface area (Å²) in [4.78, 5) is 0. The molecule has 0 bridgehead atoms. The lowest BCUT2D eigenvalue weighted by Crippen LogP contribution is -2.11. The predicted octanol–water partition coefficient (Wildman–Crippen LogP) is 3.12. The van der Waals surface area contributed by atoms with Crippen LogP contribution in [0, 0.1) is 6.92 Å². The molecule has 0 aliphatic carbocycles. The van der Waals surface area contributed by atoms with Gasteiger partial charge in [-0.1, -0.05) is 28.1 Å². The van der Waals surface area contributed by atoms with E-state index >= 15 is 0 Å². The standard InChI is InChI=1S/C10H13BrFN/c1-7-2-3-8(9(11)6-7)10(13)4-5-12/h2-3,6,10H,4-5,13H2,1H3/t10-/m0/s1. The van der Waals surface area contributed by atoms with Gasteiger partial charge in [-0.05, 0) is 30.5 Å². The molecule has 1 aromatic carbocycles. The van der Waals surface area contributed by atoms with E-state index in [0.717, 1.165) is 10.0 Å². The minimum absolute atomic E-state index is 0.208. The Morgan fingerprint density at radius 3 is 2.77 bits per heavy atom. The Morgan fingerprint density at radius 2 is 2.23 bits per heavy atom. The van der Waals surface area contributed by atoms with E-state index in [9.17, 15) is 4.39 Å². The van der Waals surface area contributed by atoms with Crippen molar-refractivity contribution in [1.82, 2.24) is 0 Å². The largest absolute Gasteiger partial charge is 0.324 e. The Morgan fingerprint density at radius 1 is 1.54 bits per heavy atom. The highest BCUT2D eigenvalue weighted by atomic mass is 79.9. The lowest BCUT2D eigenvalue weighted by molar-refractivity contribution is 0.441. The molecule has 1 atom stereocenters. The van der Waals surface area contributed by atoms with Gasteiger partial charge < -0.3 is 5.73 Å². The second kappa shape index (κ2) is 4.72. The second-order valence-electron chi connectivity index (χ2n) is 3.11. The van der Waals surface area contributed by atoms with Crippen molar-refractivity contribution in [3.63, 3.8) is 0 Å². The average Bonchev–Trinajstić information content (AvgIpc) is 2.04. The number of hydrogen-bond acceptors (Lipinski definition) is 1. The van der Waals surface area contributed by atoms with Crippen molar-refractivity contribution in [1.29, 1.82) is 0 Å². The minimum Gasteiger partial charge on any atom is -0.324 e. The SMILES string of the molecule is Cc1ccc([C@@H](N)CCF)c(Br)c1. The van der Waals surface area contributed by atoms with Gasteiger partial charge in [-0.15, -0.1) is 0 Å². The molecule has 0 saturated heterocycles. The summed E-state index contributed by atoms with van der Waals surface area (Å²) in [5, 5.41) is 0. The number of nitrogens with two attached hydrogens (primary N) is 1. The van der Waals surface area contributed by atoms with Gasteiger partial charge in [0, 0.05) is 10.5 Å². The third kappa shape index (κ3) is 2.78. The Bertz CT molecular complexity index is 288. The van der Waals surface area contributed by atoms with Crippen LogP contribution in [0.1, 0.15) is 23.6 Å². The molecule has 0 spiro atoms. The molecule has 1 aromatic rings. The van der Waals surface area contributed by atoms with E-state index in [1.807, 2.05) is 25.1 Å². The summed E-state index contributed by atoms with van der Waals surface area (Å²) >= 11 is 3.42. The second-order valence-corrected chi connectivity index (χ2v) is 3.96. The van der Waals surface area contributed by atoms with Crippen LogP contribution in [0.15, 0.2) is 22.7 Å². The van der Waals surface area contributed by atoms with Crippen LogP contribution in [-0.4, -0.2) is 6.67 Å². The van der Waals surface area contributed by atoms with Crippen molar-refractivity contribution in [2.75, 3.05) is 6.67 Å². The summed E-state index contributed by atoms with van der Waals surface area (Å²) in [6, 6.07) is 5.71. The van der Waals surface area contributed by atoms with E-state index in [1.54, 1.807) is 0 Å². The number of alkyl halides is 1. The molecule has 0 aliphatic rings. The molecule has 13 heavy (non-hydrogen) atoms. The molecule has 0 radical (unpaired) electrons. The summed E-state index contributed by atoms with van der Waals surface area (Å²) in [6.45, 7) is 1.64. The van der Waals surface area contributed by atoms with Crippen LogP contribution in [-0.2, 0) is 0 Å². The molecule has 0 aromatic heterocycles. The zero-order valence-corrected chi connectivity index (χ0v) is 9.14. The Hall–Kier alpha value is -0.410. The minimum atomic E-state index is -0.374. The number of benzene rings is 1. The lowest BCUT2D eigenvalue weighted by atomic mass is 10.0. The summed E-state index contributed by atoms with van der Waals surface area (Å²) < 4.78 is 13.0. The highest BCUT2D eigenvalue weighted by molar-refractivity contribution is 9.10. The van der Waals surface area contributed by atoms with Crippen molar-refractivity contribution in [2.45, 2.75) is 19.4 Å². The molecule has 72 valence electrons. The van der Waals surface area contributed by atoms with Gasteiger partial charge in [-0.2, -0.15) is 0 Å². The average molecular weight is 246 g/mol. The Labute approximate surface area is 86.3 Å². The molecule has 0 amide bonds. The van der Waals surface area contributed by atoms with E-state index in [2.05, 4.69) is 15.9 Å². The van der Waals surface area contributed by atoms with Crippen molar-refractivity contribution >= 4 is 15.9 Å². The molecule has 0 aliphatic heterocycles. The summed E-state index contributed by atoms with van der Waals surface area (Å²) in [7, 11) is 0. The quantitative estimate of drug-likeness (QED) is 0.871.